The summed E-state index contributed by atoms with van der Waals surface area (Å²) in [5.41, 5.74) is 3.40. The molecule has 0 bridgehead atoms. The fourth-order valence-electron chi connectivity index (χ4n) is 1.74. The highest BCUT2D eigenvalue weighted by Crippen LogP contribution is 2.17. The summed E-state index contributed by atoms with van der Waals surface area (Å²) in [5.74, 6) is 0. The van der Waals surface area contributed by atoms with E-state index in [4.69, 9.17) is 4.74 Å². The summed E-state index contributed by atoms with van der Waals surface area (Å²) in [5, 5.41) is 2.74. The second-order valence-corrected chi connectivity index (χ2v) is 4.27. The topological polar surface area (TPSA) is 38.3 Å². The number of nitrogens with one attached hydrogen (secondary N) is 1. The number of anilines is 1. The van der Waals surface area contributed by atoms with Gasteiger partial charge in [0.05, 0.1) is 6.10 Å². The first-order chi connectivity index (χ1) is 8.06. The average Bonchev–Trinajstić information content (AvgIpc) is 2.27. The van der Waals surface area contributed by atoms with Crippen molar-refractivity contribution in [1.82, 2.24) is 0 Å². The van der Waals surface area contributed by atoms with Gasteiger partial charge in [-0.1, -0.05) is 19.9 Å². The van der Waals surface area contributed by atoms with Gasteiger partial charge in [-0.2, -0.15) is 0 Å². The van der Waals surface area contributed by atoms with E-state index in [2.05, 4.69) is 25.2 Å². The summed E-state index contributed by atoms with van der Waals surface area (Å²) in [6, 6.07) is 5.99. The molecule has 0 spiro atoms. The molecule has 0 radical (unpaired) electrons. The Morgan fingerprint density at radius 2 is 1.88 bits per heavy atom. The number of ether oxygens (including phenoxy) is 1. The fraction of sp³-hybridized carbons (Fsp3) is 0.500. The fourth-order valence-corrected chi connectivity index (χ4v) is 1.74. The molecule has 3 nitrogen and oxygen atoms in total. The molecule has 0 atom stereocenters. The van der Waals surface area contributed by atoms with Crippen LogP contribution in [0.15, 0.2) is 18.2 Å². The third-order valence-electron chi connectivity index (χ3n) is 2.56. The van der Waals surface area contributed by atoms with Crippen molar-refractivity contribution in [3.63, 3.8) is 0 Å². The third-order valence-corrected chi connectivity index (χ3v) is 2.56. The second kappa shape index (κ2) is 6.28. The zero-order chi connectivity index (χ0) is 12.8. The maximum Gasteiger partial charge on any atom is 0.411 e. The number of amides is 1. The molecule has 1 aromatic carbocycles. The number of aryl methyl sites for hydroxylation is 2. The third kappa shape index (κ3) is 4.10. The van der Waals surface area contributed by atoms with Crippen LogP contribution in [0.5, 0.6) is 0 Å². The summed E-state index contributed by atoms with van der Waals surface area (Å²) in [6.07, 6.45) is 1.49. The predicted molar refractivity (Wildman–Crippen MR) is 70.4 cm³/mol. The Morgan fingerprint density at radius 3 is 2.41 bits per heavy atom. The zero-order valence-corrected chi connectivity index (χ0v) is 11.0. The first kappa shape index (κ1) is 13.6. The molecule has 0 saturated carbocycles. The van der Waals surface area contributed by atoms with Crippen molar-refractivity contribution in [2.24, 2.45) is 0 Å². The molecule has 17 heavy (non-hydrogen) atoms. The minimum atomic E-state index is -0.397. The minimum absolute atomic E-state index is 0.101. The highest BCUT2D eigenvalue weighted by atomic mass is 16.6. The van der Waals surface area contributed by atoms with E-state index < -0.39 is 6.09 Å². The minimum Gasteiger partial charge on any atom is -0.447 e. The molecule has 1 N–H and O–H groups in total. The van der Waals surface area contributed by atoms with Crippen LogP contribution in [0.1, 0.15) is 38.8 Å². The lowest BCUT2D eigenvalue weighted by Gasteiger charge is -2.12. The summed E-state index contributed by atoms with van der Waals surface area (Å²) in [6.45, 7) is 7.91. The number of benzene rings is 1. The van der Waals surface area contributed by atoms with Crippen molar-refractivity contribution in [3.05, 3.63) is 29.3 Å². The number of hydrogen-bond donors (Lipinski definition) is 1. The molecular weight excluding hydrogens is 214 g/mol. The maximum absolute atomic E-state index is 11.4. The van der Waals surface area contributed by atoms with E-state index in [9.17, 15) is 4.79 Å². The molecular formula is C14H21NO2. The highest BCUT2D eigenvalue weighted by molar-refractivity contribution is 5.84. The SMILES string of the molecule is CCc1ccc(NC(=O)OC(C)C)cc1CC. The molecule has 0 aromatic heterocycles. The largest absolute Gasteiger partial charge is 0.447 e. The van der Waals surface area contributed by atoms with Crippen molar-refractivity contribution in [3.8, 4) is 0 Å². The van der Waals surface area contributed by atoms with Gasteiger partial charge in [-0.05, 0) is 49.9 Å². The normalized spacial score (nSPS) is 10.4. The zero-order valence-electron chi connectivity index (χ0n) is 11.0. The Labute approximate surface area is 103 Å². The molecule has 1 rings (SSSR count). The molecule has 0 aliphatic heterocycles. The van der Waals surface area contributed by atoms with E-state index in [0.717, 1.165) is 18.5 Å². The van der Waals surface area contributed by atoms with Gasteiger partial charge in [-0.15, -0.1) is 0 Å². The predicted octanol–water partition coefficient (Wildman–Crippen LogP) is 3.77. The maximum atomic E-state index is 11.4. The van der Waals surface area contributed by atoms with Crippen molar-refractivity contribution in [2.75, 3.05) is 5.32 Å². The van der Waals surface area contributed by atoms with Crippen LogP contribution in [0.2, 0.25) is 0 Å². The van der Waals surface area contributed by atoms with Crippen LogP contribution < -0.4 is 5.32 Å². The van der Waals surface area contributed by atoms with Crippen LogP contribution in [-0.4, -0.2) is 12.2 Å². The van der Waals surface area contributed by atoms with Gasteiger partial charge in [0, 0.05) is 5.69 Å². The van der Waals surface area contributed by atoms with Crippen LogP contribution in [0.3, 0.4) is 0 Å². The van der Waals surface area contributed by atoms with Crippen LogP contribution in [0, 0.1) is 0 Å². The van der Waals surface area contributed by atoms with E-state index in [-0.39, 0.29) is 6.10 Å². The molecule has 0 heterocycles. The lowest BCUT2D eigenvalue weighted by Crippen LogP contribution is -2.18. The van der Waals surface area contributed by atoms with Crippen LogP contribution in [0.4, 0.5) is 10.5 Å². The van der Waals surface area contributed by atoms with Crippen molar-refractivity contribution < 1.29 is 9.53 Å². The summed E-state index contributed by atoms with van der Waals surface area (Å²) >= 11 is 0. The summed E-state index contributed by atoms with van der Waals surface area (Å²) in [7, 11) is 0. The average molecular weight is 235 g/mol. The number of carbonyl (C=O) groups is 1. The van der Waals surface area contributed by atoms with E-state index >= 15 is 0 Å². The Morgan fingerprint density at radius 1 is 1.24 bits per heavy atom. The van der Waals surface area contributed by atoms with Crippen molar-refractivity contribution in [2.45, 2.75) is 46.6 Å². The van der Waals surface area contributed by atoms with Gasteiger partial charge in [0.15, 0.2) is 0 Å². The molecule has 94 valence electrons. The number of rotatable bonds is 4. The van der Waals surface area contributed by atoms with E-state index in [1.54, 1.807) is 0 Å². The van der Waals surface area contributed by atoms with Gasteiger partial charge in [-0.25, -0.2) is 4.79 Å². The molecule has 1 aromatic rings. The monoisotopic (exact) mass is 235 g/mol. The van der Waals surface area contributed by atoms with Gasteiger partial charge in [0.2, 0.25) is 0 Å². The van der Waals surface area contributed by atoms with Gasteiger partial charge in [0.1, 0.15) is 0 Å². The standard InChI is InChI=1S/C14H21NO2/c1-5-11-7-8-13(9-12(11)6-2)15-14(16)17-10(3)4/h7-10H,5-6H2,1-4H3,(H,15,16). The Kier molecular flexibility index (Phi) is 5.01. The highest BCUT2D eigenvalue weighted by Gasteiger charge is 2.07. The smallest absolute Gasteiger partial charge is 0.411 e. The second-order valence-electron chi connectivity index (χ2n) is 4.27. The molecule has 0 aliphatic rings. The first-order valence-electron chi connectivity index (χ1n) is 6.16. The summed E-state index contributed by atoms with van der Waals surface area (Å²) in [4.78, 5) is 11.4. The molecule has 0 aliphatic carbocycles. The van der Waals surface area contributed by atoms with E-state index in [1.807, 2.05) is 26.0 Å². The van der Waals surface area contributed by atoms with Crippen LogP contribution >= 0.6 is 0 Å². The quantitative estimate of drug-likeness (QED) is 0.862. The molecule has 0 unspecified atom stereocenters. The number of hydrogen-bond acceptors (Lipinski definition) is 2. The van der Waals surface area contributed by atoms with Crippen molar-refractivity contribution >= 4 is 11.8 Å². The van der Waals surface area contributed by atoms with Crippen LogP contribution in [-0.2, 0) is 17.6 Å². The van der Waals surface area contributed by atoms with E-state index in [0.29, 0.717) is 0 Å². The molecule has 0 fully saturated rings. The lowest BCUT2D eigenvalue weighted by molar-refractivity contribution is 0.130. The molecule has 0 saturated heterocycles. The number of carbonyl (C=O) groups excluding carboxylic acids is 1. The van der Waals surface area contributed by atoms with Gasteiger partial charge < -0.3 is 4.74 Å². The van der Waals surface area contributed by atoms with Crippen LogP contribution in [0.25, 0.3) is 0 Å². The first-order valence-corrected chi connectivity index (χ1v) is 6.16. The van der Waals surface area contributed by atoms with Gasteiger partial charge in [-0.3, -0.25) is 5.32 Å². The Bertz CT molecular complexity index is 386. The molecule has 3 heteroatoms. The van der Waals surface area contributed by atoms with Gasteiger partial charge >= 0.3 is 6.09 Å². The Balaban J connectivity index is 2.75. The van der Waals surface area contributed by atoms with Gasteiger partial charge in [0.25, 0.3) is 0 Å². The van der Waals surface area contributed by atoms with Crippen molar-refractivity contribution in [1.29, 1.82) is 0 Å². The Hall–Kier alpha value is -1.51. The summed E-state index contributed by atoms with van der Waals surface area (Å²) < 4.78 is 5.03. The molecule has 1 amide bonds. The lowest BCUT2D eigenvalue weighted by atomic mass is 10.0. The van der Waals surface area contributed by atoms with E-state index in [1.165, 1.54) is 11.1 Å².